The summed E-state index contributed by atoms with van der Waals surface area (Å²) < 4.78 is 71.1. The fraction of sp³-hybridized carbons (Fsp3) is 0.0385. The summed E-state index contributed by atoms with van der Waals surface area (Å²) in [7, 11) is -2.77. The van der Waals surface area contributed by atoms with Crippen molar-refractivity contribution in [1.29, 1.82) is 0 Å². The fourth-order valence-electron chi connectivity index (χ4n) is 3.64. The predicted octanol–water partition coefficient (Wildman–Crippen LogP) is 7.70. The van der Waals surface area contributed by atoms with Gasteiger partial charge in [-0.15, -0.1) is 11.3 Å². The van der Waals surface area contributed by atoms with Crippen LogP contribution in [0.1, 0.15) is 5.69 Å². The minimum Gasteiger partial charge on any atom is -0.455 e. The van der Waals surface area contributed by atoms with E-state index in [9.17, 15) is 21.6 Å². The highest BCUT2D eigenvalue weighted by Gasteiger charge is 2.36. The number of rotatable bonds is 6. The molecular weight excluding hydrogens is 545 g/mol. The van der Waals surface area contributed by atoms with E-state index in [1.165, 1.54) is 29.5 Å². The zero-order valence-electron chi connectivity index (χ0n) is 18.6. The number of halogens is 4. The maximum atomic E-state index is 13.7. The van der Waals surface area contributed by atoms with E-state index in [-0.39, 0.29) is 22.0 Å². The second-order valence-corrected chi connectivity index (χ2v) is 10.4. The summed E-state index contributed by atoms with van der Waals surface area (Å²) in [4.78, 5) is 1.32. The van der Waals surface area contributed by atoms with Gasteiger partial charge in [-0.1, -0.05) is 41.9 Å². The SMILES string of the molecule is O=[SH](=O)c1cccc(-c2ccc(-c3cc(C(F)(F)F)nn3-c3cc(Cl)ccc3Oc3ccccc3)s2)c1. The van der Waals surface area contributed by atoms with Gasteiger partial charge < -0.3 is 4.74 Å². The molecule has 0 bridgehead atoms. The van der Waals surface area contributed by atoms with Gasteiger partial charge in [0.25, 0.3) is 0 Å². The molecule has 2 aromatic heterocycles. The van der Waals surface area contributed by atoms with Crippen LogP contribution in [0.3, 0.4) is 0 Å². The molecule has 0 aliphatic heterocycles. The van der Waals surface area contributed by atoms with E-state index in [2.05, 4.69) is 5.10 Å². The minimum atomic E-state index is -4.69. The first-order valence-electron chi connectivity index (χ1n) is 10.7. The van der Waals surface area contributed by atoms with Crippen LogP contribution in [-0.4, -0.2) is 18.2 Å². The summed E-state index contributed by atoms with van der Waals surface area (Å²) in [6, 6.07) is 24.1. The zero-order valence-corrected chi connectivity index (χ0v) is 21.1. The number of para-hydroxylation sites is 1. The van der Waals surface area contributed by atoms with Gasteiger partial charge in [0.2, 0.25) is 0 Å². The summed E-state index contributed by atoms with van der Waals surface area (Å²) in [5.74, 6) is 0.753. The van der Waals surface area contributed by atoms with Gasteiger partial charge in [0.1, 0.15) is 11.4 Å². The molecular formula is C26H16ClF3N2O3S2. The highest BCUT2D eigenvalue weighted by molar-refractivity contribution is 7.72. The molecule has 0 aliphatic carbocycles. The smallest absolute Gasteiger partial charge is 0.435 e. The standard InChI is InChI=1S/C26H16ClF3N2O3S2/c27-17-9-10-22(35-18-6-2-1-3-7-18)20(14-17)32-21(15-25(31-32)26(28,29)30)24-12-11-23(36-24)16-5-4-8-19(13-16)37(33)34/h1-15,37H. The highest BCUT2D eigenvalue weighted by Crippen LogP contribution is 2.41. The lowest BCUT2D eigenvalue weighted by atomic mass is 10.2. The van der Waals surface area contributed by atoms with Crippen molar-refractivity contribution < 1.29 is 26.3 Å². The molecule has 0 unspecified atom stereocenters. The van der Waals surface area contributed by atoms with Gasteiger partial charge in [-0.2, -0.15) is 18.3 Å². The Hall–Kier alpha value is -3.60. The Morgan fingerprint density at radius 2 is 1.62 bits per heavy atom. The summed E-state index contributed by atoms with van der Waals surface area (Å²) >= 11 is 7.43. The Kier molecular flexibility index (Phi) is 6.80. The minimum absolute atomic E-state index is 0.147. The summed E-state index contributed by atoms with van der Waals surface area (Å²) in [5, 5.41) is 4.16. The maximum absolute atomic E-state index is 13.7. The first-order chi connectivity index (χ1) is 17.7. The predicted molar refractivity (Wildman–Crippen MR) is 137 cm³/mol. The van der Waals surface area contributed by atoms with Crippen molar-refractivity contribution in [2.45, 2.75) is 11.1 Å². The van der Waals surface area contributed by atoms with Crippen molar-refractivity contribution in [2.24, 2.45) is 0 Å². The van der Waals surface area contributed by atoms with E-state index in [0.717, 1.165) is 10.7 Å². The number of thiophene rings is 1. The van der Waals surface area contributed by atoms with Crippen LogP contribution in [-0.2, 0) is 16.9 Å². The van der Waals surface area contributed by atoms with Gasteiger partial charge in [0.15, 0.2) is 22.1 Å². The van der Waals surface area contributed by atoms with Gasteiger partial charge in [-0.3, -0.25) is 0 Å². The number of alkyl halides is 3. The Morgan fingerprint density at radius 1 is 0.865 bits per heavy atom. The normalized spacial score (nSPS) is 11.7. The first-order valence-corrected chi connectivity index (χ1v) is 13.1. The monoisotopic (exact) mass is 560 g/mol. The molecule has 37 heavy (non-hydrogen) atoms. The lowest BCUT2D eigenvalue weighted by molar-refractivity contribution is -0.141. The van der Waals surface area contributed by atoms with Gasteiger partial charge in [-0.25, -0.2) is 13.1 Å². The van der Waals surface area contributed by atoms with Crippen molar-refractivity contribution in [1.82, 2.24) is 9.78 Å². The third-order valence-corrected chi connectivity index (χ3v) is 7.41. The average Bonchev–Trinajstić information content (AvgIpc) is 3.53. The molecule has 11 heteroatoms. The summed E-state index contributed by atoms with van der Waals surface area (Å²) in [6.45, 7) is 0. The van der Waals surface area contributed by atoms with E-state index in [1.54, 1.807) is 60.7 Å². The number of hydrogen-bond donors (Lipinski definition) is 1. The third kappa shape index (κ3) is 5.41. The quantitative estimate of drug-likeness (QED) is 0.216. The first kappa shape index (κ1) is 25.1. The van der Waals surface area contributed by atoms with E-state index in [4.69, 9.17) is 16.3 Å². The lowest BCUT2D eigenvalue weighted by Gasteiger charge is -2.14. The second-order valence-electron chi connectivity index (χ2n) is 7.82. The van der Waals surface area contributed by atoms with Crippen molar-refractivity contribution in [2.75, 3.05) is 0 Å². The highest BCUT2D eigenvalue weighted by atomic mass is 35.5. The molecule has 0 saturated carbocycles. The van der Waals surface area contributed by atoms with Crippen LogP contribution in [0.4, 0.5) is 13.2 Å². The molecule has 0 fully saturated rings. The number of aromatic nitrogens is 2. The zero-order chi connectivity index (χ0) is 26.2. The van der Waals surface area contributed by atoms with Crippen LogP contribution >= 0.6 is 22.9 Å². The molecule has 5 aromatic rings. The number of thiol groups is 1. The van der Waals surface area contributed by atoms with E-state index in [1.807, 2.05) is 6.07 Å². The molecule has 2 heterocycles. The van der Waals surface area contributed by atoms with E-state index in [0.29, 0.717) is 26.1 Å². The molecule has 188 valence electrons. The van der Waals surface area contributed by atoms with Gasteiger partial charge in [0.05, 0.1) is 15.5 Å². The molecule has 0 radical (unpaired) electrons. The molecule has 3 aromatic carbocycles. The lowest BCUT2D eigenvalue weighted by Crippen LogP contribution is -2.08. The van der Waals surface area contributed by atoms with Crippen LogP contribution < -0.4 is 4.74 Å². The van der Waals surface area contributed by atoms with Gasteiger partial charge >= 0.3 is 6.18 Å². The topological polar surface area (TPSA) is 61.2 Å². The molecule has 0 aliphatic rings. The Morgan fingerprint density at radius 3 is 2.35 bits per heavy atom. The third-order valence-electron chi connectivity index (χ3n) is 5.32. The average molecular weight is 561 g/mol. The van der Waals surface area contributed by atoms with Gasteiger partial charge in [0, 0.05) is 9.90 Å². The van der Waals surface area contributed by atoms with Crippen LogP contribution in [0.15, 0.2) is 95.9 Å². The summed E-state index contributed by atoms with van der Waals surface area (Å²) in [5.41, 5.74) is -0.0451. The fourth-order valence-corrected chi connectivity index (χ4v) is 5.26. The Labute approximate surface area is 220 Å². The van der Waals surface area contributed by atoms with Crippen LogP contribution in [0.25, 0.3) is 26.7 Å². The second kappa shape index (κ2) is 10.0. The molecule has 5 nitrogen and oxygen atoms in total. The molecule has 0 atom stereocenters. The van der Waals surface area contributed by atoms with E-state index >= 15 is 0 Å². The Bertz CT molecular complexity index is 1650. The number of ether oxygens (including phenoxy) is 1. The number of benzene rings is 3. The maximum Gasteiger partial charge on any atom is 0.435 e. The molecule has 5 rings (SSSR count). The van der Waals surface area contributed by atoms with Crippen LogP contribution in [0.5, 0.6) is 11.5 Å². The summed E-state index contributed by atoms with van der Waals surface area (Å²) in [6.07, 6.45) is -4.69. The van der Waals surface area contributed by atoms with E-state index < -0.39 is 22.6 Å². The van der Waals surface area contributed by atoms with Crippen molar-refractivity contribution in [3.8, 4) is 38.2 Å². The van der Waals surface area contributed by atoms with Gasteiger partial charge in [-0.05, 0) is 66.2 Å². The Balaban J connectivity index is 1.64. The van der Waals surface area contributed by atoms with Crippen molar-refractivity contribution in [3.63, 3.8) is 0 Å². The van der Waals surface area contributed by atoms with Crippen molar-refractivity contribution in [3.05, 3.63) is 102 Å². The van der Waals surface area contributed by atoms with Crippen LogP contribution in [0.2, 0.25) is 5.02 Å². The van der Waals surface area contributed by atoms with Crippen molar-refractivity contribution >= 4 is 33.6 Å². The number of hydrogen-bond acceptors (Lipinski definition) is 5. The molecule has 0 N–H and O–H groups in total. The number of nitrogens with zero attached hydrogens (tertiary/aromatic N) is 2. The molecule has 0 saturated heterocycles. The molecule has 0 amide bonds. The largest absolute Gasteiger partial charge is 0.455 e. The molecule has 0 spiro atoms. The van der Waals surface area contributed by atoms with Crippen LogP contribution in [0, 0.1) is 0 Å².